The summed E-state index contributed by atoms with van der Waals surface area (Å²) in [5.41, 5.74) is 2.46. The van der Waals surface area contributed by atoms with Gasteiger partial charge in [-0.25, -0.2) is 0 Å². The SMILES string of the molecule is Cc1cccc(CN2CCCC[C@@H]2C(=O)OCc2nnc(C)o2)c1. The second-order valence-electron chi connectivity index (χ2n) is 6.29. The molecule has 0 amide bonds. The maximum absolute atomic E-state index is 12.5. The molecule has 0 aliphatic carbocycles. The lowest BCUT2D eigenvalue weighted by Gasteiger charge is -2.34. The summed E-state index contributed by atoms with van der Waals surface area (Å²) in [6, 6.07) is 8.20. The minimum atomic E-state index is -0.210. The number of rotatable bonds is 5. The fourth-order valence-corrected chi connectivity index (χ4v) is 3.12. The van der Waals surface area contributed by atoms with Crippen LogP contribution < -0.4 is 0 Å². The number of hydrogen-bond acceptors (Lipinski definition) is 6. The zero-order valence-corrected chi connectivity index (χ0v) is 14.2. The van der Waals surface area contributed by atoms with Crippen LogP contribution >= 0.6 is 0 Å². The van der Waals surface area contributed by atoms with Crippen molar-refractivity contribution in [3.8, 4) is 0 Å². The number of aromatic nitrogens is 2. The summed E-state index contributed by atoms with van der Waals surface area (Å²) >= 11 is 0. The summed E-state index contributed by atoms with van der Waals surface area (Å²) < 4.78 is 10.6. The molecule has 1 aliphatic rings. The second-order valence-corrected chi connectivity index (χ2v) is 6.29. The van der Waals surface area contributed by atoms with Gasteiger partial charge in [-0.3, -0.25) is 9.69 Å². The molecule has 2 aromatic rings. The minimum absolute atomic E-state index is 0.0362. The third-order valence-corrected chi connectivity index (χ3v) is 4.26. The van der Waals surface area contributed by atoms with Gasteiger partial charge in [0.05, 0.1) is 0 Å². The number of ether oxygens (including phenoxy) is 1. The first kappa shape index (κ1) is 16.6. The number of esters is 1. The van der Waals surface area contributed by atoms with E-state index in [2.05, 4.69) is 46.3 Å². The van der Waals surface area contributed by atoms with E-state index in [1.807, 2.05) is 0 Å². The molecule has 24 heavy (non-hydrogen) atoms. The summed E-state index contributed by atoms with van der Waals surface area (Å²) in [7, 11) is 0. The number of piperidine rings is 1. The Morgan fingerprint density at radius 3 is 2.96 bits per heavy atom. The number of nitrogens with zero attached hydrogens (tertiary/aromatic N) is 3. The first-order valence-electron chi connectivity index (χ1n) is 8.37. The molecule has 1 aromatic carbocycles. The minimum Gasteiger partial charge on any atom is -0.454 e. The zero-order chi connectivity index (χ0) is 16.9. The molecular formula is C18H23N3O3. The molecule has 0 saturated carbocycles. The van der Waals surface area contributed by atoms with Crippen molar-refractivity contribution in [3.63, 3.8) is 0 Å². The number of benzene rings is 1. The Kier molecular flexibility index (Phi) is 5.25. The molecule has 1 aromatic heterocycles. The van der Waals surface area contributed by atoms with Crippen molar-refractivity contribution in [3.05, 3.63) is 47.2 Å². The van der Waals surface area contributed by atoms with Gasteiger partial charge >= 0.3 is 5.97 Å². The molecule has 0 unspecified atom stereocenters. The highest BCUT2D eigenvalue weighted by atomic mass is 16.5. The molecular weight excluding hydrogens is 306 g/mol. The Labute approximate surface area is 141 Å². The fraction of sp³-hybridized carbons (Fsp3) is 0.500. The third-order valence-electron chi connectivity index (χ3n) is 4.26. The lowest BCUT2D eigenvalue weighted by Crippen LogP contribution is -2.44. The van der Waals surface area contributed by atoms with Crippen LogP contribution in [0.5, 0.6) is 0 Å². The molecule has 1 fully saturated rings. The van der Waals surface area contributed by atoms with Crippen molar-refractivity contribution in [1.82, 2.24) is 15.1 Å². The standard InChI is InChI=1S/C18H23N3O3/c1-13-6-5-7-15(10-13)11-21-9-4-3-8-16(21)18(22)23-12-17-20-19-14(2)24-17/h5-7,10,16H,3-4,8-9,11-12H2,1-2H3/t16-/m1/s1. The summed E-state index contributed by atoms with van der Waals surface area (Å²) in [6.45, 7) is 5.50. The van der Waals surface area contributed by atoms with E-state index in [1.54, 1.807) is 6.92 Å². The Hall–Kier alpha value is -2.21. The molecule has 0 N–H and O–H groups in total. The van der Waals surface area contributed by atoms with Crippen LogP contribution in [0.2, 0.25) is 0 Å². The molecule has 3 rings (SSSR count). The number of carbonyl (C=O) groups excluding carboxylic acids is 1. The van der Waals surface area contributed by atoms with Gasteiger partial charge in [0.25, 0.3) is 5.89 Å². The fourth-order valence-electron chi connectivity index (χ4n) is 3.12. The van der Waals surface area contributed by atoms with E-state index in [4.69, 9.17) is 9.15 Å². The van der Waals surface area contributed by atoms with Crippen molar-refractivity contribution in [2.75, 3.05) is 6.54 Å². The van der Waals surface area contributed by atoms with Crippen molar-refractivity contribution in [1.29, 1.82) is 0 Å². The molecule has 6 heteroatoms. The van der Waals surface area contributed by atoms with Crippen LogP contribution in [-0.4, -0.2) is 33.7 Å². The lowest BCUT2D eigenvalue weighted by molar-refractivity contribution is -0.153. The topological polar surface area (TPSA) is 68.5 Å². The van der Waals surface area contributed by atoms with Gasteiger partial charge in [-0.1, -0.05) is 36.2 Å². The molecule has 128 valence electrons. The predicted molar refractivity (Wildman–Crippen MR) is 88.1 cm³/mol. The van der Waals surface area contributed by atoms with Gasteiger partial charge in [0.15, 0.2) is 6.61 Å². The Balaban J connectivity index is 1.61. The first-order valence-corrected chi connectivity index (χ1v) is 8.37. The van der Waals surface area contributed by atoms with Crippen molar-refractivity contribution >= 4 is 5.97 Å². The normalized spacial score (nSPS) is 18.5. The van der Waals surface area contributed by atoms with E-state index in [-0.39, 0.29) is 18.6 Å². The van der Waals surface area contributed by atoms with Crippen LogP contribution in [0.4, 0.5) is 0 Å². The smallest absolute Gasteiger partial charge is 0.323 e. The van der Waals surface area contributed by atoms with Crippen LogP contribution in [0.3, 0.4) is 0 Å². The maximum Gasteiger partial charge on any atom is 0.323 e. The molecule has 1 atom stereocenters. The molecule has 1 saturated heterocycles. The van der Waals surface area contributed by atoms with Gasteiger partial charge in [0.1, 0.15) is 6.04 Å². The first-order chi connectivity index (χ1) is 11.6. The van der Waals surface area contributed by atoms with E-state index < -0.39 is 0 Å². The lowest BCUT2D eigenvalue weighted by atomic mass is 10.0. The van der Waals surface area contributed by atoms with Crippen LogP contribution in [0.1, 0.15) is 42.2 Å². The van der Waals surface area contributed by atoms with Crippen molar-refractivity contribution in [2.45, 2.75) is 52.3 Å². The molecule has 1 aliphatic heterocycles. The zero-order valence-electron chi connectivity index (χ0n) is 14.2. The molecule has 0 radical (unpaired) electrons. The van der Waals surface area contributed by atoms with Crippen molar-refractivity contribution < 1.29 is 13.9 Å². The highest BCUT2D eigenvalue weighted by Crippen LogP contribution is 2.21. The van der Waals surface area contributed by atoms with E-state index in [0.717, 1.165) is 32.4 Å². The van der Waals surface area contributed by atoms with Gasteiger partial charge in [-0.2, -0.15) is 0 Å². The van der Waals surface area contributed by atoms with E-state index in [0.29, 0.717) is 11.8 Å². The molecule has 0 spiro atoms. The van der Waals surface area contributed by atoms with Crippen molar-refractivity contribution in [2.24, 2.45) is 0 Å². The molecule has 2 heterocycles. The molecule has 6 nitrogen and oxygen atoms in total. The summed E-state index contributed by atoms with van der Waals surface area (Å²) in [5, 5.41) is 7.59. The monoisotopic (exact) mass is 329 g/mol. The van der Waals surface area contributed by atoms with E-state index in [9.17, 15) is 4.79 Å². The van der Waals surface area contributed by atoms with Crippen LogP contribution in [0.25, 0.3) is 0 Å². The van der Waals surface area contributed by atoms with Gasteiger partial charge in [0, 0.05) is 13.5 Å². The van der Waals surface area contributed by atoms with Gasteiger partial charge in [0.2, 0.25) is 5.89 Å². The average Bonchev–Trinajstić information content (AvgIpc) is 2.99. The summed E-state index contributed by atoms with van der Waals surface area (Å²) in [5.74, 6) is 0.597. The number of carbonyl (C=O) groups is 1. The van der Waals surface area contributed by atoms with Gasteiger partial charge < -0.3 is 9.15 Å². The molecule has 0 bridgehead atoms. The van der Waals surface area contributed by atoms with E-state index in [1.165, 1.54) is 11.1 Å². The Morgan fingerprint density at radius 2 is 2.21 bits per heavy atom. The summed E-state index contributed by atoms with van der Waals surface area (Å²) in [4.78, 5) is 14.7. The van der Waals surface area contributed by atoms with Crippen LogP contribution in [-0.2, 0) is 22.7 Å². The van der Waals surface area contributed by atoms with Crippen LogP contribution in [0, 0.1) is 13.8 Å². The number of likely N-dealkylation sites (tertiary alicyclic amines) is 1. The van der Waals surface area contributed by atoms with E-state index >= 15 is 0 Å². The Bertz CT molecular complexity index is 698. The third kappa shape index (κ3) is 4.20. The Morgan fingerprint density at radius 1 is 1.33 bits per heavy atom. The average molecular weight is 329 g/mol. The largest absolute Gasteiger partial charge is 0.454 e. The van der Waals surface area contributed by atoms with Gasteiger partial charge in [-0.05, 0) is 31.9 Å². The second kappa shape index (κ2) is 7.57. The summed E-state index contributed by atoms with van der Waals surface area (Å²) in [6.07, 6.45) is 2.98. The predicted octanol–water partition coefficient (Wildman–Crippen LogP) is 2.78. The van der Waals surface area contributed by atoms with Gasteiger partial charge in [-0.15, -0.1) is 10.2 Å². The number of aryl methyl sites for hydroxylation is 2. The maximum atomic E-state index is 12.5. The number of hydrogen-bond donors (Lipinski definition) is 0. The highest BCUT2D eigenvalue weighted by Gasteiger charge is 2.30. The van der Waals surface area contributed by atoms with Crippen LogP contribution in [0.15, 0.2) is 28.7 Å². The quantitative estimate of drug-likeness (QED) is 0.786. The highest BCUT2D eigenvalue weighted by molar-refractivity contribution is 5.75.